The second-order valence-corrected chi connectivity index (χ2v) is 11.5. The smallest absolute Gasteiger partial charge is 0.242 e. The molecule has 1 saturated heterocycles. The number of aliphatic hydroxyl groups is 1. The lowest BCUT2D eigenvalue weighted by molar-refractivity contribution is -0.132. The van der Waals surface area contributed by atoms with Gasteiger partial charge < -0.3 is 14.9 Å². The fraction of sp³-hybridized carbons (Fsp3) is 0.469. The number of amidine groups is 1. The number of thioether (sulfide) groups is 1. The molecule has 236 valence electrons. The molecule has 1 aromatic rings. The summed E-state index contributed by atoms with van der Waals surface area (Å²) in [5, 5.41) is 12.4. The molecule has 0 radical (unpaired) electrons. The molecule has 6 nitrogen and oxygen atoms in total. The van der Waals surface area contributed by atoms with Crippen LogP contribution in [0.2, 0.25) is 5.02 Å². The number of halogens is 4. The third-order valence-electron chi connectivity index (χ3n) is 6.92. The van der Waals surface area contributed by atoms with Crippen LogP contribution in [0.3, 0.4) is 0 Å². The number of aliphatic imine (C=N–C) groups is 2. The van der Waals surface area contributed by atoms with Crippen molar-refractivity contribution in [3.05, 3.63) is 81.5 Å². The quantitative estimate of drug-likeness (QED) is 0.225. The van der Waals surface area contributed by atoms with Gasteiger partial charge in [-0.3, -0.25) is 14.8 Å². The number of carbonyl (C=O) groups is 1. The van der Waals surface area contributed by atoms with Crippen molar-refractivity contribution >= 4 is 40.8 Å². The van der Waals surface area contributed by atoms with Crippen molar-refractivity contribution in [3.63, 3.8) is 0 Å². The first-order chi connectivity index (χ1) is 20.5. The third kappa shape index (κ3) is 11.7. The Morgan fingerprint density at radius 3 is 2.70 bits per heavy atom. The molecule has 0 spiro atoms. The lowest BCUT2D eigenvalue weighted by atomic mass is 10.0. The molecule has 1 fully saturated rings. The maximum Gasteiger partial charge on any atom is 0.242 e. The van der Waals surface area contributed by atoms with E-state index in [0.717, 1.165) is 28.4 Å². The van der Waals surface area contributed by atoms with E-state index in [1.165, 1.54) is 30.0 Å². The van der Waals surface area contributed by atoms with Crippen LogP contribution in [0.5, 0.6) is 0 Å². The zero-order valence-electron chi connectivity index (χ0n) is 25.3. The minimum Gasteiger partial charge on any atom is -0.393 e. The molecule has 0 saturated carbocycles. The summed E-state index contributed by atoms with van der Waals surface area (Å²) in [6, 6.07) is 5.73. The van der Waals surface area contributed by atoms with Crippen molar-refractivity contribution in [3.8, 4) is 0 Å². The van der Waals surface area contributed by atoms with Crippen molar-refractivity contribution in [1.82, 2.24) is 9.80 Å². The van der Waals surface area contributed by atoms with Gasteiger partial charge in [0.2, 0.25) is 12.3 Å². The number of amides is 1. The zero-order chi connectivity index (χ0) is 31.9. The largest absolute Gasteiger partial charge is 0.393 e. The molecule has 43 heavy (non-hydrogen) atoms. The number of benzene rings is 1. The van der Waals surface area contributed by atoms with Crippen LogP contribution in [0.15, 0.2) is 80.6 Å². The summed E-state index contributed by atoms with van der Waals surface area (Å²) >= 11 is 6.90. The molecule has 0 bridgehead atoms. The Hall–Kier alpha value is -2.82. The number of hydrogen-bond acceptors (Lipinski definition) is 6. The molecular formula is C32H42ClF3N4O2S. The van der Waals surface area contributed by atoms with Gasteiger partial charge in [-0.05, 0) is 49.4 Å². The molecule has 2 unspecified atom stereocenters. The highest BCUT2D eigenvalue weighted by Gasteiger charge is 2.38. The van der Waals surface area contributed by atoms with Gasteiger partial charge in [-0.1, -0.05) is 61.5 Å². The van der Waals surface area contributed by atoms with Crippen molar-refractivity contribution in [2.45, 2.75) is 70.9 Å². The second kappa shape index (κ2) is 18.8. The molecule has 2 heterocycles. The second-order valence-electron chi connectivity index (χ2n) is 10.1. The van der Waals surface area contributed by atoms with Crippen LogP contribution in [0.4, 0.5) is 13.2 Å². The standard InChI is InChI=1S/C26H38F2N4O2S.C6H4ClF/c1-6-9-20(33)12-13-25(34)31(5)19-15-23-21(22(29-4)10-8-11-24(27)28)16-30-26(32(23)17-19)18(3)35-14-7-2;7-5-2-1-3-6(8)4-5/h7-8,10,14,19-20,24,33H,3,6,9,11-13,15-17H2,1-2,4-5H3;1-4H/b10-8-,14-7-,29-22?;. The average molecular weight is 639 g/mol. The van der Waals surface area contributed by atoms with Gasteiger partial charge in [-0.15, -0.1) is 0 Å². The van der Waals surface area contributed by atoms with E-state index in [4.69, 9.17) is 16.6 Å². The number of hydrogen-bond donors (Lipinski definition) is 1. The molecule has 1 aromatic carbocycles. The maximum absolute atomic E-state index is 12.9. The van der Waals surface area contributed by atoms with Gasteiger partial charge in [0.1, 0.15) is 11.7 Å². The first-order valence-electron chi connectivity index (χ1n) is 14.3. The molecule has 1 N–H and O–H groups in total. The molecule has 1 amide bonds. The number of carbonyl (C=O) groups excluding carboxylic acids is 1. The molecule has 0 aliphatic carbocycles. The first-order valence-corrected chi connectivity index (χ1v) is 15.6. The summed E-state index contributed by atoms with van der Waals surface area (Å²) in [6.07, 6.45) is 4.72. The van der Waals surface area contributed by atoms with Gasteiger partial charge in [-0.25, -0.2) is 13.2 Å². The molecule has 11 heteroatoms. The van der Waals surface area contributed by atoms with E-state index >= 15 is 0 Å². The maximum atomic E-state index is 12.9. The summed E-state index contributed by atoms with van der Waals surface area (Å²) in [7, 11) is 3.44. The molecule has 0 aromatic heterocycles. The van der Waals surface area contributed by atoms with E-state index in [2.05, 4.69) is 16.5 Å². The molecule has 2 aliphatic heterocycles. The Balaban J connectivity index is 0.000000694. The van der Waals surface area contributed by atoms with Gasteiger partial charge in [-0.2, -0.15) is 0 Å². The van der Waals surface area contributed by atoms with E-state index in [1.807, 2.05) is 25.3 Å². The highest BCUT2D eigenvalue weighted by atomic mass is 35.5. The Kier molecular flexibility index (Phi) is 15.9. The third-order valence-corrected chi connectivity index (χ3v) is 8.03. The van der Waals surface area contributed by atoms with Crippen LogP contribution < -0.4 is 0 Å². The van der Waals surface area contributed by atoms with Gasteiger partial charge >= 0.3 is 0 Å². The lowest BCUT2D eigenvalue weighted by Crippen LogP contribution is -2.40. The van der Waals surface area contributed by atoms with Crippen LogP contribution in [0, 0.1) is 5.82 Å². The van der Waals surface area contributed by atoms with E-state index in [0.29, 0.717) is 49.5 Å². The van der Waals surface area contributed by atoms with Crippen molar-refractivity contribution < 1.29 is 23.1 Å². The first kappa shape index (κ1) is 36.4. The van der Waals surface area contributed by atoms with Gasteiger partial charge in [0.25, 0.3) is 0 Å². The minimum absolute atomic E-state index is 0.00559. The minimum atomic E-state index is -2.41. The SMILES string of the molecule is C=C(S/C=C\C)C1=NCC(C(/C=C\CC(F)F)=NC)=C2CC(N(C)C(=O)CCC(O)CCC)CN12.Fc1cccc(Cl)c1. The number of allylic oxidation sites excluding steroid dienone is 3. The highest BCUT2D eigenvalue weighted by molar-refractivity contribution is 8.06. The molecule has 2 aliphatic rings. The Morgan fingerprint density at radius 2 is 2.12 bits per heavy atom. The normalized spacial score (nSPS) is 17.7. The Morgan fingerprint density at radius 1 is 1.37 bits per heavy atom. The zero-order valence-corrected chi connectivity index (χ0v) is 26.9. The van der Waals surface area contributed by atoms with E-state index in [1.54, 1.807) is 37.2 Å². The number of nitrogens with zero attached hydrogens (tertiary/aromatic N) is 4. The summed E-state index contributed by atoms with van der Waals surface area (Å²) in [6.45, 7) is 9.06. The summed E-state index contributed by atoms with van der Waals surface area (Å²) in [5.74, 6) is 0.465. The summed E-state index contributed by atoms with van der Waals surface area (Å²) in [4.78, 5) is 26.7. The fourth-order valence-electron chi connectivity index (χ4n) is 4.68. The number of aliphatic hydroxyl groups excluding tert-OH is 1. The Labute approximate surface area is 262 Å². The lowest BCUT2D eigenvalue weighted by Gasteiger charge is -2.29. The monoisotopic (exact) mass is 638 g/mol. The molecule has 3 rings (SSSR count). The van der Waals surface area contributed by atoms with Crippen molar-refractivity contribution in [2.24, 2.45) is 9.98 Å². The molecule has 2 atom stereocenters. The van der Waals surface area contributed by atoms with Crippen LogP contribution in [-0.4, -0.2) is 78.1 Å². The van der Waals surface area contributed by atoms with Crippen LogP contribution >= 0.6 is 23.4 Å². The summed E-state index contributed by atoms with van der Waals surface area (Å²) in [5.41, 5.74) is 2.50. The number of alkyl halides is 2. The fourth-order valence-corrected chi connectivity index (χ4v) is 5.44. The van der Waals surface area contributed by atoms with Gasteiger partial charge in [0.05, 0.1) is 24.4 Å². The highest BCUT2D eigenvalue weighted by Crippen LogP contribution is 2.35. The summed E-state index contributed by atoms with van der Waals surface area (Å²) < 4.78 is 37.4. The van der Waals surface area contributed by atoms with E-state index < -0.39 is 12.5 Å². The predicted octanol–water partition coefficient (Wildman–Crippen LogP) is 7.67. The van der Waals surface area contributed by atoms with Crippen molar-refractivity contribution in [2.75, 3.05) is 27.2 Å². The van der Waals surface area contributed by atoms with Crippen LogP contribution in [0.1, 0.15) is 52.4 Å². The van der Waals surface area contributed by atoms with Crippen LogP contribution in [0.25, 0.3) is 0 Å². The number of rotatable bonds is 13. The van der Waals surface area contributed by atoms with E-state index in [-0.39, 0.29) is 24.2 Å². The average Bonchev–Trinajstić information content (AvgIpc) is 3.42. The topological polar surface area (TPSA) is 68.5 Å². The number of likely N-dealkylation sites (N-methyl/N-ethyl adjacent to an activating group) is 1. The Bertz CT molecular complexity index is 1230. The molecular weight excluding hydrogens is 597 g/mol. The van der Waals surface area contributed by atoms with Crippen LogP contribution in [-0.2, 0) is 4.79 Å². The van der Waals surface area contributed by atoms with E-state index in [9.17, 15) is 23.1 Å². The van der Waals surface area contributed by atoms with Gasteiger partial charge in [0, 0.05) is 61.1 Å². The number of fused-ring (bicyclic) bond motifs is 1. The predicted molar refractivity (Wildman–Crippen MR) is 173 cm³/mol. The van der Waals surface area contributed by atoms with Gasteiger partial charge in [0.15, 0.2) is 0 Å². The van der Waals surface area contributed by atoms with Crippen molar-refractivity contribution in [1.29, 1.82) is 0 Å².